The van der Waals surface area contributed by atoms with Crippen molar-refractivity contribution >= 4 is 44.3 Å². The average Bonchev–Trinajstić information content (AvgIpc) is 2.95. The Morgan fingerprint density at radius 1 is 1.47 bits per heavy atom. The molecule has 0 radical (unpaired) electrons. The number of rotatable bonds is 4. The van der Waals surface area contributed by atoms with Crippen molar-refractivity contribution in [2.45, 2.75) is 6.29 Å². The zero-order chi connectivity index (χ0) is 13.8. The van der Waals surface area contributed by atoms with Gasteiger partial charge in [-0.05, 0) is 22.0 Å². The average molecular weight is 351 g/mol. The van der Waals surface area contributed by atoms with Gasteiger partial charge in [-0.25, -0.2) is 4.79 Å². The van der Waals surface area contributed by atoms with Crippen LogP contribution in [0, 0.1) is 0 Å². The molecule has 19 heavy (non-hydrogen) atoms. The fourth-order valence-corrected chi connectivity index (χ4v) is 3.00. The number of carboxylic acid groups (broad SMARTS) is 1. The lowest BCUT2D eigenvalue weighted by molar-refractivity contribution is -0.0379. The molecule has 0 unspecified atom stereocenters. The fourth-order valence-electron chi connectivity index (χ4n) is 1.52. The van der Waals surface area contributed by atoms with Crippen molar-refractivity contribution in [2.24, 2.45) is 0 Å². The zero-order valence-corrected chi connectivity index (χ0v) is 12.0. The van der Waals surface area contributed by atoms with E-state index in [1.54, 1.807) is 6.07 Å². The molecule has 2 heterocycles. The first-order valence-electron chi connectivity index (χ1n) is 5.37. The number of carbonyl (C=O) groups excluding carboxylic acids is 1. The Morgan fingerprint density at radius 3 is 2.79 bits per heavy atom. The van der Waals surface area contributed by atoms with Crippen LogP contribution in [-0.4, -0.2) is 43.2 Å². The molecule has 0 aromatic carbocycles. The van der Waals surface area contributed by atoms with Crippen molar-refractivity contribution in [3.63, 3.8) is 0 Å². The second-order valence-electron chi connectivity index (χ2n) is 3.60. The molecule has 1 fully saturated rings. The summed E-state index contributed by atoms with van der Waals surface area (Å²) in [5.41, 5.74) is 0.261. The molecule has 0 saturated carbocycles. The zero-order valence-electron chi connectivity index (χ0n) is 9.64. The van der Waals surface area contributed by atoms with E-state index in [-0.39, 0.29) is 23.0 Å². The molecule has 0 atom stereocenters. The molecule has 1 aromatic heterocycles. The fraction of sp³-hybridized carbons (Fsp3) is 0.400. The van der Waals surface area contributed by atoms with E-state index >= 15 is 0 Å². The molecule has 9 heteroatoms. The van der Waals surface area contributed by atoms with Gasteiger partial charge in [-0.2, -0.15) is 0 Å². The standard InChI is InChI=1S/C10H11BrN2O5S/c11-6-3-5(9(19-6)13-10(15)16)8(14)12-4-7-17-1-2-18-7/h3,7,13H,1-2,4H2,(H,12,14)(H,15,16). The number of thiophene rings is 1. The van der Waals surface area contributed by atoms with Crippen molar-refractivity contribution in [3.05, 3.63) is 15.4 Å². The van der Waals surface area contributed by atoms with E-state index in [1.807, 2.05) is 0 Å². The van der Waals surface area contributed by atoms with Gasteiger partial charge in [0.1, 0.15) is 5.00 Å². The normalized spacial score (nSPS) is 15.4. The maximum absolute atomic E-state index is 11.9. The van der Waals surface area contributed by atoms with Crippen LogP contribution in [0.5, 0.6) is 0 Å². The van der Waals surface area contributed by atoms with E-state index in [2.05, 4.69) is 26.6 Å². The van der Waals surface area contributed by atoms with Crippen LogP contribution in [0.2, 0.25) is 0 Å². The number of carbonyl (C=O) groups is 2. The molecule has 2 amide bonds. The van der Waals surface area contributed by atoms with Crippen molar-refractivity contribution < 1.29 is 24.2 Å². The summed E-state index contributed by atoms with van der Waals surface area (Å²) in [7, 11) is 0. The Balaban J connectivity index is 1.99. The maximum atomic E-state index is 11.9. The van der Waals surface area contributed by atoms with Crippen molar-refractivity contribution in [1.29, 1.82) is 0 Å². The van der Waals surface area contributed by atoms with Crippen LogP contribution in [0.15, 0.2) is 9.85 Å². The summed E-state index contributed by atoms with van der Waals surface area (Å²) in [6.45, 7) is 1.24. The topological polar surface area (TPSA) is 96.9 Å². The smallest absolute Gasteiger partial charge is 0.409 e. The van der Waals surface area contributed by atoms with Gasteiger partial charge in [0.05, 0.1) is 29.1 Å². The van der Waals surface area contributed by atoms with Crippen LogP contribution in [-0.2, 0) is 9.47 Å². The van der Waals surface area contributed by atoms with Crippen LogP contribution in [0.1, 0.15) is 10.4 Å². The lowest BCUT2D eigenvalue weighted by atomic mass is 10.3. The van der Waals surface area contributed by atoms with Gasteiger partial charge in [-0.1, -0.05) is 0 Å². The first-order chi connectivity index (χ1) is 9.06. The van der Waals surface area contributed by atoms with Gasteiger partial charge in [0.15, 0.2) is 6.29 Å². The molecule has 1 aliphatic heterocycles. The lowest BCUT2D eigenvalue weighted by Crippen LogP contribution is -2.32. The van der Waals surface area contributed by atoms with Crippen molar-refractivity contribution in [2.75, 3.05) is 25.1 Å². The van der Waals surface area contributed by atoms with Crippen LogP contribution in [0.4, 0.5) is 9.80 Å². The van der Waals surface area contributed by atoms with E-state index in [1.165, 1.54) is 0 Å². The number of amides is 2. The number of anilines is 1. The van der Waals surface area contributed by atoms with Crippen LogP contribution < -0.4 is 10.6 Å². The molecule has 0 bridgehead atoms. The minimum absolute atomic E-state index is 0.221. The number of ether oxygens (including phenoxy) is 2. The molecular weight excluding hydrogens is 340 g/mol. The summed E-state index contributed by atoms with van der Waals surface area (Å²) in [5.74, 6) is -0.384. The van der Waals surface area contributed by atoms with Crippen molar-refractivity contribution in [1.82, 2.24) is 5.32 Å². The first-order valence-corrected chi connectivity index (χ1v) is 6.98. The summed E-state index contributed by atoms with van der Waals surface area (Å²) in [4.78, 5) is 22.6. The molecule has 1 saturated heterocycles. The van der Waals surface area contributed by atoms with Crippen LogP contribution in [0.25, 0.3) is 0 Å². The van der Waals surface area contributed by atoms with Crippen molar-refractivity contribution in [3.8, 4) is 0 Å². The van der Waals surface area contributed by atoms with Gasteiger partial charge >= 0.3 is 6.09 Å². The van der Waals surface area contributed by atoms with Gasteiger partial charge in [0.2, 0.25) is 0 Å². The van der Waals surface area contributed by atoms with E-state index in [9.17, 15) is 9.59 Å². The summed E-state index contributed by atoms with van der Waals surface area (Å²) < 4.78 is 11.0. The number of hydrogen-bond acceptors (Lipinski definition) is 5. The van der Waals surface area contributed by atoms with E-state index in [4.69, 9.17) is 14.6 Å². The second kappa shape index (κ2) is 6.33. The van der Waals surface area contributed by atoms with Gasteiger partial charge < -0.3 is 19.9 Å². The number of halogens is 1. The SMILES string of the molecule is O=C(O)Nc1sc(Br)cc1C(=O)NCC1OCCO1. The molecule has 2 rings (SSSR count). The Labute approximate surface area is 121 Å². The van der Waals surface area contributed by atoms with E-state index in [0.29, 0.717) is 17.0 Å². The Bertz CT molecular complexity index is 486. The highest BCUT2D eigenvalue weighted by Crippen LogP contribution is 2.32. The highest BCUT2D eigenvalue weighted by Gasteiger charge is 2.20. The van der Waals surface area contributed by atoms with Gasteiger partial charge in [0.25, 0.3) is 5.91 Å². The Morgan fingerprint density at radius 2 is 2.16 bits per heavy atom. The van der Waals surface area contributed by atoms with E-state index < -0.39 is 12.4 Å². The molecule has 104 valence electrons. The molecule has 7 nitrogen and oxygen atoms in total. The monoisotopic (exact) mass is 350 g/mol. The van der Waals surface area contributed by atoms with Gasteiger partial charge in [0, 0.05) is 0 Å². The minimum atomic E-state index is -1.22. The summed E-state index contributed by atoms with van der Waals surface area (Å²) in [6.07, 6.45) is -1.66. The third-order valence-electron chi connectivity index (χ3n) is 2.29. The minimum Gasteiger partial charge on any atom is -0.465 e. The molecule has 1 aromatic rings. The summed E-state index contributed by atoms with van der Waals surface area (Å²) in [6, 6.07) is 1.56. The maximum Gasteiger partial charge on any atom is 0.409 e. The molecule has 0 aliphatic carbocycles. The highest BCUT2D eigenvalue weighted by molar-refractivity contribution is 9.11. The second-order valence-corrected chi connectivity index (χ2v) is 6.04. The third kappa shape index (κ3) is 3.90. The van der Waals surface area contributed by atoms with E-state index in [0.717, 1.165) is 11.3 Å². The lowest BCUT2D eigenvalue weighted by Gasteiger charge is -2.10. The highest BCUT2D eigenvalue weighted by atomic mass is 79.9. The number of hydrogen-bond donors (Lipinski definition) is 3. The summed E-state index contributed by atoms with van der Waals surface area (Å²) in [5, 5.41) is 13.8. The Kier molecular flexibility index (Phi) is 4.75. The first kappa shape index (κ1) is 14.3. The van der Waals surface area contributed by atoms with Gasteiger partial charge in [-0.15, -0.1) is 11.3 Å². The largest absolute Gasteiger partial charge is 0.465 e. The molecule has 1 aliphatic rings. The third-order valence-corrected chi connectivity index (χ3v) is 3.84. The van der Waals surface area contributed by atoms with Crippen LogP contribution in [0.3, 0.4) is 0 Å². The van der Waals surface area contributed by atoms with Crippen LogP contribution >= 0.6 is 27.3 Å². The van der Waals surface area contributed by atoms with Gasteiger partial charge in [-0.3, -0.25) is 10.1 Å². The predicted molar refractivity (Wildman–Crippen MR) is 71.7 cm³/mol. The quantitative estimate of drug-likeness (QED) is 0.767. The Hall–Kier alpha value is -1.16. The molecular formula is C10H11BrN2O5S. The predicted octanol–water partition coefficient (Wildman–Crippen LogP) is 1.70. The number of nitrogens with one attached hydrogen (secondary N) is 2. The molecule has 0 spiro atoms. The summed E-state index contributed by atoms with van der Waals surface area (Å²) >= 11 is 4.35. The molecule has 3 N–H and O–H groups in total.